The van der Waals surface area contributed by atoms with E-state index in [4.69, 9.17) is 4.74 Å². The Morgan fingerprint density at radius 2 is 1.76 bits per heavy atom. The largest absolute Gasteiger partial charge is 0.377 e. The fraction of sp³-hybridized carbons (Fsp3) is 1.00. The Bertz CT molecular complexity index is 283. The molecule has 0 aromatic carbocycles. The van der Waals surface area contributed by atoms with Gasteiger partial charge in [-0.1, -0.05) is 58.8 Å². The Labute approximate surface area is 132 Å². The lowest BCUT2D eigenvalue weighted by molar-refractivity contribution is -0.0740. The van der Waals surface area contributed by atoms with Crippen LogP contribution in [0, 0.1) is 11.8 Å². The summed E-state index contributed by atoms with van der Waals surface area (Å²) in [6.45, 7) is 5.70. The lowest BCUT2D eigenvalue weighted by Gasteiger charge is -2.46. The van der Waals surface area contributed by atoms with Crippen LogP contribution in [0.3, 0.4) is 0 Å². The van der Waals surface area contributed by atoms with Gasteiger partial charge < -0.3 is 10.1 Å². The van der Waals surface area contributed by atoms with Crippen LogP contribution >= 0.6 is 0 Å². The van der Waals surface area contributed by atoms with Crippen LogP contribution in [-0.4, -0.2) is 25.3 Å². The number of hydrogen-bond acceptors (Lipinski definition) is 2. The molecule has 0 spiro atoms. The van der Waals surface area contributed by atoms with E-state index in [2.05, 4.69) is 19.2 Å². The molecule has 2 nitrogen and oxygen atoms in total. The van der Waals surface area contributed by atoms with E-state index in [0.717, 1.165) is 18.4 Å². The third kappa shape index (κ3) is 4.22. The quantitative estimate of drug-likeness (QED) is 0.702. The van der Waals surface area contributed by atoms with Crippen molar-refractivity contribution in [2.45, 2.75) is 96.1 Å². The SMILES string of the molecule is CCNC(C1CCCC(CC)C1)C1(OC)CCCCCC1. The third-order valence-electron chi connectivity index (χ3n) is 6.22. The molecule has 0 aliphatic heterocycles. The van der Waals surface area contributed by atoms with Crippen LogP contribution in [0.5, 0.6) is 0 Å². The van der Waals surface area contributed by atoms with Crippen molar-refractivity contribution >= 4 is 0 Å². The van der Waals surface area contributed by atoms with Gasteiger partial charge >= 0.3 is 0 Å². The summed E-state index contributed by atoms with van der Waals surface area (Å²) in [4.78, 5) is 0. The van der Waals surface area contributed by atoms with Crippen molar-refractivity contribution < 1.29 is 4.74 Å². The van der Waals surface area contributed by atoms with Crippen LogP contribution in [-0.2, 0) is 4.74 Å². The molecule has 0 saturated heterocycles. The molecule has 2 saturated carbocycles. The maximum Gasteiger partial charge on any atom is 0.0833 e. The van der Waals surface area contributed by atoms with Gasteiger partial charge in [0.15, 0.2) is 0 Å². The van der Waals surface area contributed by atoms with Crippen molar-refractivity contribution in [3.05, 3.63) is 0 Å². The highest BCUT2D eigenvalue weighted by Gasteiger charge is 2.43. The van der Waals surface area contributed by atoms with Crippen LogP contribution in [0.25, 0.3) is 0 Å². The number of likely N-dealkylation sites (N-methyl/N-ethyl adjacent to an activating group) is 1. The minimum Gasteiger partial charge on any atom is -0.377 e. The summed E-state index contributed by atoms with van der Waals surface area (Å²) in [5, 5.41) is 3.86. The third-order valence-corrected chi connectivity index (χ3v) is 6.22. The average molecular weight is 296 g/mol. The lowest BCUT2D eigenvalue weighted by atomic mass is 9.70. The molecule has 124 valence electrons. The van der Waals surface area contributed by atoms with Gasteiger partial charge in [0.2, 0.25) is 0 Å². The molecule has 2 fully saturated rings. The molecular weight excluding hydrogens is 258 g/mol. The molecule has 0 aromatic rings. The van der Waals surface area contributed by atoms with E-state index in [1.165, 1.54) is 70.6 Å². The van der Waals surface area contributed by atoms with Crippen LogP contribution in [0.1, 0.15) is 84.5 Å². The first kappa shape index (κ1) is 17.3. The Hall–Kier alpha value is -0.0800. The van der Waals surface area contributed by atoms with Gasteiger partial charge in [0, 0.05) is 13.2 Å². The molecule has 0 heterocycles. The molecule has 2 rings (SSSR count). The fourth-order valence-electron chi connectivity index (χ4n) is 4.98. The first-order valence-electron chi connectivity index (χ1n) is 9.54. The molecule has 2 aliphatic carbocycles. The first-order valence-corrected chi connectivity index (χ1v) is 9.54. The Morgan fingerprint density at radius 3 is 2.33 bits per heavy atom. The number of nitrogens with one attached hydrogen (secondary N) is 1. The summed E-state index contributed by atoms with van der Waals surface area (Å²) >= 11 is 0. The van der Waals surface area contributed by atoms with E-state index in [1.54, 1.807) is 0 Å². The minimum atomic E-state index is 0.104. The second-order valence-corrected chi connectivity index (χ2v) is 7.42. The number of methoxy groups -OCH3 is 1. The summed E-state index contributed by atoms with van der Waals surface area (Å²) in [5.41, 5.74) is 0.104. The van der Waals surface area contributed by atoms with Crippen LogP contribution < -0.4 is 5.32 Å². The molecule has 2 aliphatic rings. The van der Waals surface area contributed by atoms with E-state index >= 15 is 0 Å². The summed E-state index contributed by atoms with van der Waals surface area (Å²) < 4.78 is 6.23. The maximum atomic E-state index is 6.23. The van der Waals surface area contributed by atoms with Crippen molar-refractivity contribution in [2.75, 3.05) is 13.7 Å². The molecule has 21 heavy (non-hydrogen) atoms. The minimum absolute atomic E-state index is 0.104. The fourth-order valence-corrected chi connectivity index (χ4v) is 4.98. The monoisotopic (exact) mass is 295 g/mol. The Balaban J connectivity index is 2.14. The normalized spacial score (nSPS) is 31.6. The predicted molar refractivity (Wildman–Crippen MR) is 90.6 cm³/mol. The summed E-state index contributed by atoms with van der Waals surface area (Å²) in [7, 11) is 1.97. The molecule has 3 atom stereocenters. The van der Waals surface area contributed by atoms with Crippen molar-refractivity contribution in [1.82, 2.24) is 5.32 Å². The van der Waals surface area contributed by atoms with Gasteiger partial charge in [0.1, 0.15) is 0 Å². The van der Waals surface area contributed by atoms with Gasteiger partial charge in [-0.2, -0.15) is 0 Å². The van der Waals surface area contributed by atoms with Crippen molar-refractivity contribution in [1.29, 1.82) is 0 Å². The van der Waals surface area contributed by atoms with E-state index in [1.807, 2.05) is 7.11 Å². The topological polar surface area (TPSA) is 21.3 Å². The smallest absolute Gasteiger partial charge is 0.0833 e. The molecular formula is C19H37NO. The first-order chi connectivity index (χ1) is 10.3. The van der Waals surface area contributed by atoms with Gasteiger partial charge in [-0.25, -0.2) is 0 Å². The van der Waals surface area contributed by atoms with Gasteiger partial charge in [0.25, 0.3) is 0 Å². The Morgan fingerprint density at radius 1 is 1.05 bits per heavy atom. The Kier molecular flexibility index (Phi) is 7.01. The number of rotatable bonds is 6. The average Bonchev–Trinajstić information content (AvgIpc) is 2.79. The van der Waals surface area contributed by atoms with Crippen molar-refractivity contribution in [3.63, 3.8) is 0 Å². The summed E-state index contributed by atoms with van der Waals surface area (Å²) in [6.07, 6.45) is 15.0. The zero-order chi connectivity index (χ0) is 15.1. The van der Waals surface area contributed by atoms with Crippen LogP contribution in [0.4, 0.5) is 0 Å². The van der Waals surface area contributed by atoms with Crippen LogP contribution in [0.2, 0.25) is 0 Å². The van der Waals surface area contributed by atoms with Crippen molar-refractivity contribution in [2.24, 2.45) is 11.8 Å². The number of ether oxygens (including phenoxy) is 1. The molecule has 3 unspecified atom stereocenters. The summed E-state index contributed by atoms with van der Waals surface area (Å²) in [6, 6.07) is 0.569. The highest BCUT2D eigenvalue weighted by molar-refractivity contribution is 4.99. The molecule has 0 amide bonds. The van der Waals surface area contributed by atoms with E-state index in [0.29, 0.717) is 6.04 Å². The molecule has 0 radical (unpaired) electrons. The highest BCUT2D eigenvalue weighted by Crippen LogP contribution is 2.41. The van der Waals surface area contributed by atoms with E-state index < -0.39 is 0 Å². The zero-order valence-electron chi connectivity index (χ0n) is 14.6. The highest BCUT2D eigenvalue weighted by atomic mass is 16.5. The predicted octanol–water partition coefficient (Wildman–Crippen LogP) is 4.92. The van der Waals surface area contributed by atoms with E-state index in [-0.39, 0.29) is 5.60 Å². The molecule has 2 heteroatoms. The molecule has 1 N–H and O–H groups in total. The molecule has 0 aromatic heterocycles. The van der Waals surface area contributed by atoms with Crippen LogP contribution in [0.15, 0.2) is 0 Å². The summed E-state index contributed by atoms with van der Waals surface area (Å²) in [5.74, 6) is 1.77. The second-order valence-electron chi connectivity index (χ2n) is 7.42. The van der Waals surface area contributed by atoms with E-state index in [9.17, 15) is 0 Å². The van der Waals surface area contributed by atoms with Gasteiger partial charge in [-0.3, -0.25) is 0 Å². The van der Waals surface area contributed by atoms with Gasteiger partial charge in [-0.05, 0) is 44.1 Å². The van der Waals surface area contributed by atoms with Gasteiger partial charge in [-0.15, -0.1) is 0 Å². The van der Waals surface area contributed by atoms with Crippen molar-refractivity contribution in [3.8, 4) is 0 Å². The maximum absolute atomic E-state index is 6.23. The standard InChI is InChI=1S/C19H37NO/c1-4-16-11-10-12-17(15-16)18(20-5-2)19(21-3)13-8-6-7-9-14-19/h16-18,20H,4-15H2,1-3H3. The lowest BCUT2D eigenvalue weighted by Crippen LogP contribution is -2.56. The number of hydrogen-bond donors (Lipinski definition) is 1. The van der Waals surface area contributed by atoms with Gasteiger partial charge in [0.05, 0.1) is 5.60 Å². The second kappa shape index (κ2) is 8.53. The zero-order valence-corrected chi connectivity index (χ0v) is 14.6. The molecule has 0 bridgehead atoms.